The van der Waals surface area contributed by atoms with Crippen LogP contribution in [0.5, 0.6) is 0 Å². The molecule has 1 atom stereocenters. The molecule has 2 rings (SSSR count). The minimum atomic E-state index is -0.258. The van der Waals surface area contributed by atoms with Gasteiger partial charge in [0.1, 0.15) is 5.69 Å². The van der Waals surface area contributed by atoms with Crippen LogP contribution in [0.1, 0.15) is 35.9 Å². The molecule has 2 heterocycles. The van der Waals surface area contributed by atoms with Gasteiger partial charge in [-0.1, -0.05) is 6.92 Å². The summed E-state index contributed by atoms with van der Waals surface area (Å²) in [5.74, 6) is 0.276. The average Bonchev–Trinajstić information content (AvgIpc) is 2.74. The van der Waals surface area contributed by atoms with Gasteiger partial charge in [0.15, 0.2) is 0 Å². The summed E-state index contributed by atoms with van der Waals surface area (Å²) in [5.41, 5.74) is 1.26. The number of aryl methyl sites for hydroxylation is 2. The molecule has 0 aromatic carbocycles. The Bertz CT molecular complexity index is 509. The Hall–Kier alpha value is -1.85. The minimum absolute atomic E-state index is 0.0104. The fourth-order valence-corrected chi connectivity index (χ4v) is 2.60. The quantitative estimate of drug-likeness (QED) is 0.885. The molecule has 1 aromatic rings. The SMILES string of the molecule is Cc1cc(C(=O)NCC(=O)N2CCCC(C)C2)n(C)n1. The maximum atomic E-state index is 12.1. The standard InChI is InChI=1S/C14H22N4O2/c1-10-5-4-6-18(9-10)13(19)8-15-14(20)12-7-11(2)16-17(12)3/h7,10H,4-6,8-9H2,1-3H3,(H,15,20). The highest BCUT2D eigenvalue weighted by Gasteiger charge is 2.21. The predicted octanol–water partition coefficient (Wildman–Crippen LogP) is 0.717. The summed E-state index contributed by atoms with van der Waals surface area (Å²) in [4.78, 5) is 25.9. The third-order valence-corrected chi connectivity index (χ3v) is 3.64. The van der Waals surface area contributed by atoms with Crippen LogP contribution in [0, 0.1) is 12.8 Å². The van der Waals surface area contributed by atoms with Crippen LogP contribution in [0.3, 0.4) is 0 Å². The first-order valence-electron chi connectivity index (χ1n) is 7.04. The van der Waals surface area contributed by atoms with Gasteiger partial charge in [-0.05, 0) is 31.7 Å². The van der Waals surface area contributed by atoms with Crippen molar-refractivity contribution in [1.82, 2.24) is 20.0 Å². The van der Waals surface area contributed by atoms with E-state index in [-0.39, 0.29) is 18.4 Å². The summed E-state index contributed by atoms with van der Waals surface area (Å²) >= 11 is 0. The Morgan fingerprint density at radius 1 is 1.50 bits per heavy atom. The second kappa shape index (κ2) is 6.07. The van der Waals surface area contributed by atoms with Crippen LogP contribution >= 0.6 is 0 Å². The van der Waals surface area contributed by atoms with Gasteiger partial charge in [0.05, 0.1) is 12.2 Å². The lowest BCUT2D eigenvalue weighted by Gasteiger charge is -2.31. The van der Waals surface area contributed by atoms with E-state index < -0.39 is 0 Å². The van der Waals surface area contributed by atoms with E-state index in [1.165, 1.54) is 11.1 Å². The van der Waals surface area contributed by atoms with Gasteiger partial charge in [-0.25, -0.2) is 0 Å². The monoisotopic (exact) mass is 278 g/mol. The van der Waals surface area contributed by atoms with Crippen molar-refractivity contribution in [2.24, 2.45) is 13.0 Å². The summed E-state index contributed by atoms with van der Waals surface area (Å²) in [7, 11) is 1.72. The lowest BCUT2D eigenvalue weighted by Crippen LogP contribution is -2.44. The summed E-state index contributed by atoms with van der Waals surface area (Å²) in [6.45, 7) is 5.62. The molecule has 1 unspecified atom stereocenters. The molecule has 1 N–H and O–H groups in total. The molecule has 110 valence electrons. The number of piperidine rings is 1. The van der Waals surface area contributed by atoms with Crippen LogP contribution < -0.4 is 5.32 Å². The molecule has 1 aromatic heterocycles. The molecule has 1 aliphatic rings. The zero-order chi connectivity index (χ0) is 14.7. The van der Waals surface area contributed by atoms with Crippen molar-refractivity contribution in [2.75, 3.05) is 19.6 Å². The number of likely N-dealkylation sites (tertiary alicyclic amines) is 1. The van der Waals surface area contributed by atoms with Crippen molar-refractivity contribution >= 4 is 11.8 Å². The lowest BCUT2D eigenvalue weighted by atomic mass is 10.0. The average molecular weight is 278 g/mol. The summed E-state index contributed by atoms with van der Waals surface area (Å²) < 4.78 is 1.53. The van der Waals surface area contributed by atoms with Crippen molar-refractivity contribution in [1.29, 1.82) is 0 Å². The van der Waals surface area contributed by atoms with Crippen molar-refractivity contribution in [3.63, 3.8) is 0 Å². The minimum Gasteiger partial charge on any atom is -0.342 e. The fraction of sp³-hybridized carbons (Fsp3) is 0.643. The van der Waals surface area contributed by atoms with Crippen LogP contribution in [0.15, 0.2) is 6.07 Å². The first kappa shape index (κ1) is 14.6. The van der Waals surface area contributed by atoms with E-state index in [1.807, 2.05) is 11.8 Å². The van der Waals surface area contributed by atoms with E-state index in [2.05, 4.69) is 17.3 Å². The third-order valence-electron chi connectivity index (χ3n) is 3.64. The van der Waals surface area contributed by atoms with Crippen LogP contribution in [-0.4, -0.2) is 46.1 Å². The van der Waals surface area contributed by atoms with Gasteiger partial charge in [-0.15, -0.1) is 0 Å². The molecule has 6 nitrogen and oxygen atoms in total. The number of carbonyl (C=O) groups is 2. The summed E-state index contributed by atoms with van der Waals surface area (Å²) in [6.07, 6.45) is 2.21. The number of nitrogens with one attached hydrogen (secondary N) is 1. The Kier molecular flexibility index (Phi) is 4.42. The van der Waals surface area contributed by atoms with E-state index in [0.717, 1.165) is 25.2 Å². The predicted molar refractivity (Wildman–Crippen MR) is 75.3 cm³/mol. The molecular formula is C14H22N4O2. The maximum Gasteiger partial charge on any atom is 0.269 e. The highest BCUT2D eigenvalue weighted by atomic mass is 16.2. The maximum absolute atomic E-state index is 12.1. The number of rotatable bonds is 3. The second-order valence-corrected chi connectivity index (χ2v) is 5.56. The Balaban J connectivity index is 1.87. The molecule has 0 spiro atoms. The smallest absolute Gasteiger partial charge is 0.269 e. The number of aromatic nitrogens is 2. The lowest BCUT2D eigenvalue weighted by molar-refractivity contribution is -0.131. The van der Waals surface area contributed by atoms with Crippen LogP contribution in [0.4, 0.5) is 0 Å². The van der Waals surface area contributed by atoms with E-state index in [4.69, 9.17) is 0 Å². The number of nitrogens with zero attached hydrogens (tertiary/aromatic N) is 3. The van der Waals surface area contributed by atoms with E-state index in [9.17, 15) is 9.59 Å². The highest BCUT2D eigenvalue weighted by Crippen LogP contribution is 2.15. The molecule has 20 heavy (non-hydrogen) atoms. The van der Waals surface area contributed by atoms with Gasteiger partial charge < -0.3 is 10.2 Å². The van der Waals surface area contributed by atoms with Crippen molar-refractivity contribution < 1.29 is 9.59 Å². The van der Waals surface area contributed by atoms with Crippen LogP contribution in [0.2, 0.25) is 0 Å². The largest absolute Gasteiger partial charge is 0.342 e. The molecule has 6 heteroatoms. The van der Waals surface area contributed by atoms with Crippen molar-refractivity contribution in [3.8, 4) is 0 Å². The Morgan fingerprint density at radius 3 is 2.85 bits per heavy atom. The molecule has 1 aliphatic heterocycles. The number of amides is 2. The third kappa shape index (κ3) is 3.37. The first-order valence-corrected chi connectivity index (χ1v) is 7.04. The van der Waals surface area contributed by atoms with Crippen molar-refractivity contribution in [2.45, 2.75) is 26.7 Å². The fourth-order valence-electron chi connectivity index (χ4n) is 2.60. The van der Waals surface area contributed by atoms with Gasteiger partial charge in [0.2, 0.25) is 5.91 Å². The highest BCUT2D eigenvalue weighted by molar-refractivity contribution is 5.95. The topological polar surface area (TPSA) is 67.2 Å². The van der Waals surface area contributed by atoms with E-state index >= 15 is 0 Å². The van der Waals surface area contributed by atoms with Crippen LogP contribution in [-0.2, 0) is 11.8 Å². The molecule has 1 fully saturated rings. The first-order chi connectivity index (χ1) is 9.47. The number of hydrogen-bond acceptors (Lipinski definition) is 3. The second-order valence-electron chi connectivity index (χ2n) is 5.56. The Labute approximate surface area is 119 Å². The van der Waals surface area contributed by atoms with Gasteiger partial charge in [0.25, 0.3) is 5.91 Å². The van der Waals surface area contributed by atoms with Gasteiger partial charge in [-0.2, -0.15) is 5.10 Å². The van der Waals surface area contributed by atoms with Gasteiger partial charge >= 0.3 is 0 Å². The normalized spacial score (nSPS) is 18.9. The number of carbonyl (C=O) groups excluding carboxylic acids is 2. The van der Waals surface area contributed by atoms with Crippen LogP contribution in [0.25, 0.3) is 0 Å². The molecule has 0 saturated carbocycles. The Morgan fingerprint density at radius 2 is 2.25 bits per heavy atom. The zero-order valence-electron chi connectivity index (χ0n) is 12.3. The van der Waals surface area contributed by atoms with Gasteiger partial charge in [0, 0.05) is 20.1 Å². The van der Waals surface area contributed by atoms with Crippen molar-refractivity contribution in [3.05, 3.63) is 17.5 Å². The summed E-state index contributed by atoms with van der Waals surface area (Å²) in [5, 5.41) is 6.79. The molecule has 0 radical (unpaired) electrons. The molecule has 0 aliphatic carbocycles. The van der Waals surface area contributed by atoms with E-state index in [1.54, 1.807) is 13.1 Å². The number of hydrogen-bond donors (Lipinski definition) is 1. The molecular weight excluding hydrogens is 256 g/mol. The molecule has 2 amide bonds. The summed E-state index contributed by atoms with van der Waals surface area (Å²) in [6, 6.07) is 1.71. The zero-order valence-corrected chi connectivity index (χ0v) is 12.3. The van der Waals surface area contributed by atoms with E-state index in [0.29, 0.717) is 11.6 Å². The molecule has 0 bridgehead atoms. The molecule has 1 saturated heterocycles. The van der Waals surface area contributed by atoms with Gasteiger partial charge in [-0.3, -0.25) is 14.3 Å².